The predicted octanol–water partition coefficient (Wildman–Crippen LogP) is 3.59. The van der Waals surface area contributed by atoms with Crippen molar-refractivity contribution < 1.29 is 50.9 Å². The molecule has 2 unspecified atom stereocenters. The van der Waals surface area contributed by atoms with E-state index in [1.54, 1.807) is 11.3 Å². The SMILES string of the molecule is Cc1cccc(COC2CC3CN(Cc4nccs4)CCN3C2)n1.O=C(O)C(F)(F)F.O=C(O)C(F)(F)F. The number of ether oxygens (including phenoxy) is 1. The molecule has 2 aromatic rings. The molecule has 0 bridgehead atoms. The molecule has 0 spiro atoms. The smallest absolute Gasteiger partial charge is 0.475 e. The minimum absolute atomic E-state index is 0.331. The molecular weight excluding hydrogens is 546 g/mol. The fourth-order valence-electron chi connectivity index (χ4n) is 3.73. The van der Waals surface area contributed by atoms with Crippen LogP contribution in [0.15, 0.2) is 29.8 Å². The number of hydrogen-bond acceptors (Lipinski definition) is 8. The van der Waals surface area contributed by atoms with Gasteiger partial charge >= 0.3 is 24.3 Å². The summed E-state index contributed by atoms with van der Waals surface area (Å²) in [4.78, 5) is 31.9. The van der Waals surface area contributed by atoms with Crippen molar-refractivity contribution in [3.05, 3.63) is 46.2 Å². The largest absolute Gasteiger partial charge is 0.490 e. The van der Waals surface area contributed by atoms with Crippen LogP contribution in [0.4, 0.5) is 26.3 Å². The van der Waals surface area contributed by atoms with E-state index in [2.05, 4.69) is 31.2 Å². The van der Waals surface area contributed by atoms with Crippen LogP contribution in [0.5, 0.6) is 0 Å². The summed E-state index contributed by atoms with van der Waals surface area (Å²) < 4.78 is 69.6. The number of rotatable bonds is 5. The maximum atomic E-state index is 10.6. The van der Waals surface area contributed by atoms with Gasteiger partial charge in [-0.3, -0.25) is 14.8 Å². The van der Waals surface area contributed by atoms with E-state index in [4.69, 9.17) is 24.5 Å². The number of hydrogen-bond donors (Lipinski definition) is 2. The van der Waals surface area contributed by atoms with Gasteiger partial charge in [-0.2, -0.15) is 26.3 Å². The Labute approximate surface area is 217 Å². The van der Waals surface area contributed by atoms with Crippen LogP contribution in [0.2, 0.25) is 0 Å². The molecule has 16 heteroatoms. The van der Waals surface area contributed by atoms with Gasteiger partial charge in [-0.1, -0.05) is 6.07 Å². The molecule has 2 aliphatic rings. The molecule has 2 saturated heterocycles. The van der Waals surface area contributed by atoms with Gasteiger partial charge in [0.2, 0.25) is 0 Å². The molecular formula is C22H26F6N4O5S. The van der Waals surface area contributed by atoms with Crippen molar-refractivity contribution in [1.82, 2.24) is 19.8 Å². The second-order valence-corrected chi connectivity index (χ2v) is 9.33. The number of carboxylic acid groups (broad SMARTS) is 2. The molecule has 9 nitrogen and oxygen atoms in total. The van der Waals surface area contributed by atoms with Gasteiger partial charge in [0, 0.05) is 49.5 Å². The first-order chi connectivity index (χ1) is 17.6. The molecule has 2 atom stereocenters. The van der Waals surface area contributed by atoms with Crippen molar-refractivity contribution in [1.29, 1.82) is 0 Å². The molecule has 0 amide bonds. The number of thiazole rings is 1. The molecule has 2 fully saturated rings. The highest BCUT2D eigenvalue weighted by atomic mass is 32.1. The van der Waals surface area contributed by atoms with E-state index in [1.807, 2.05) is 25.3 Å². The van der Waals surface area contributed by atoms with Crippen molar-refractivity contribution in [3.63, 3.8) is 0 Å². The summed E-state index contributed by atoms with van der Waals surface area (Å²) in [6, 6.07) is 6.74. The predicted molar refractivity (Wildman–Crippen MR) is 122 cm³/mol. The molecule has 0 saturated carbocycles. The number of aryl methyl sites for hydroxylation is 1. The van der Waals surface area contributed by atoms with E-state index >= 15 is 0 Å². The summed E-state index contributed by atoms with van der Waals surface area (Å²) in [5.74, 6) is -5.51. The highest BCUT2D eigenvalue weighted by Crippen LogP contribution is 2.25. The van der Waals surface area contributed by atoms with Gasteiger partial charge in [0.25, 0.3) is 0 Å². The Morgan fingerprint density at radius 1 is 1.08 bits per heavy atom. The number of piperazine rings is 1. The molecule has 0 aliphatic carbocycles. The van der Waals surface area contributed by atoms with Crippen molar-refractivity contribution in [3.8, 4) is 0 Å². The first-order valence-electron chi connectivity index (χ1n) is 11.1. The molecule has 0 radical (unpaired) electrons. The average Bonchev–Trinajstić information content (AvgIpc) is 3.46. The number of pyridine rings is 1. The van der Waals surface area contributed by atoms with Crippen LogP contribution in [0, 0.1) is 6.92 Å². The second kappa shape index (κ2) is 13.8. The van der Waals surface area contributed by atoms with Gasteiger partial charge in [0.15, 0.2) is 0 Å². The van der Waals surface area contributed by atoms with Crippen LogP contribution >= 0.6 is 11.3 Å². The summed E-state index contributed by atoms with van der Waals surface area (Å²) >= 11 is 1.75. The van der Waals surface area contributed by atoms with Crippen LogP contribution in [-0.2, 0) is 27.5 Å². The van der Waals surface area contributed by atoms with Crippen molar-refractivity contribution in [2.24, 2.45) is 0 Å². The fourth-order valence-corrected chi connectivity index (χ4v) is 4.39. The minimum atomic E-state index is -5.08. The Hall–Kier alpha value is -2.82. The quantitative estimate of drug-likeness (QED) is 0.519. The minimum Gasteiger partial charge on any atom is -0.475 e. The monoisotopic (exact) mass is 572 g/mol. The van der Waals surface area contributed by atoms with Gasteiger partial charge in [0.1, 0.15) is 5.01 Å². The molecule has 0 aromatic carbocycles. The van der Waals surface area contributed by atoms with E-state index < -0.39 is 24.3 Å². The summed E-state index contributed by atoms with van der Waals surface area (Å²) in [6.45, 7) is 8.08. The van der Waals surface area contributed by atoms with Gasteiger partial charge in [0.05, 0.1) is 24.9 Å². The van der Waals surface area contributed by atoms with Crippen molar-refractivity contribution in [2.45, 2.75) is 51.0 Å². The topological polar surface area (TPSA) is 116 Å². The number of fused-ring (bicyclic) bond motifs is 1. The zero-order chi connectivity index (χ0) is 28.5. The van der Waals surface area contributed by atoms with Crippen LogP contribution in [0.1, 0.15) is 22.8 Å². The fraction of sp³-hybridized carbons (Fsp3) is 0.545. The zero-order valence-corrected chi connectivity index (χ0v) is 20.9. The van der Waals surface area contributed by atoms with E-state index in [0.29, 0.717) is 18.8 Å². The van der Waals surface area contributed by atoms with E-state index in [9.17, 15) is 26.3 Å². The summed E-state index contributed by atoms with van der Waals surface area (Å²) in [7, 11) is 0. The highest BCUT2D eigenvalue weighted by Gasteiger charge is 2.39. The molecule has 4 heterocycles. The van der Waals surface area contributed by atoms with E-state index in [1.165, 1.54) is 5.01 Å². The second-order valence-electron chi connectivity index (χ2n) is 8.35. The zero-order valence-electron chi connectivity index (χ0n) is 20.1. The third-order valence-corrected chi connectivity index (χ3v) is 6.17. The maximum absolute atomic E-state index is 10.6. The van der Waals surface area contributed by atoms with Gasteiger partial charge in [-0.25, -0.2) is 14.6 Å². The van der Waals surface area contributed by atoms with E-state index in [-0.39, 0.29) is 0 Å². The van der Waals surface area contributed by atoms with Crippen molar-refractivity contribution in [2.75, 3.05) is 26.2 Å². The Morgan fingerprint density at radius 3 is 2.24 bits per heavy atom. The Balaban J connectivity index is 0.000000301. The number of alkyl halides is 6. The number of halogens is 6. The number of aromatic nitrogens is 2. The third-order valence-electron chi connectivity index (χ3n) is 5.40. The Morgan fingerprint density at radius 2 is 1.71 bits per heavy atom. The summed E-state index contributed by atoms with van der Waals surface area (Å²) in [5, 5.41) is 17.5. The first-order valence-corrected chi connectivity index (χ1v) is 12.0. The molecule has 2 aromatic heterocycles. The summed E-state index contributed by atoms with van der Waals surface area (Å²) in [5.41, 5.74) is 2.09. The van der Waals surface area contributed by atoms with Crippen LogP contribution in [-0.4, -0.2) is 92.6 Å². The lowest BCUT2D eigenvalue weighted by atomic mass is 10.1. The molecule has 212 valence electrons. The molecule has 4 rings (SSSR count). The normalized spacial score (nSPS) is 20.0. The number of nitrogens with zero attached hydrogens (tertiary/aromatic N) is 4. The average molecular weight is 573 g/mol. The lowest BCUT2D eigenvalue weighted by Crippen LogP contribution is -2.49. The molecule has 2 N–H and O–H groups in total. The van der Waals surface area contributed by atoms with Gasteiger partial charge in [-0.15, -0.1) is 11.3 Å². The van der Waals surface area contributed by atoms with Gasteiger partial charge < -0.3 is 14.9 Å². The number of carbonyl (C=O) groups is 2. The number of carboxylic acids is 2. The lowest BCUT2D eigenvalue weighted by molar-refractivity contribution is -0.193. The Kier molecular flexibility index (Phi) is 11.4. The van der Waals surface area contributed by atoms with Gasteiger partial charge in [-0.05, 0) is 25.5 Å². The number of aliphatic carboxylic acids is 2. The lowest BCUT2D eigenvalue weighted by Gasteiger charge is -2.36. The van der Waals surface area contributed by atoms with Crippen LogP contribution in [0.25, 0.3) is 0 Å². The maximum Gasteiger partial charge on any atom is 0.490 e. The molecule has 2 aliphatic heterocycles. The van der Waals surface area contributed by atoms with Crippen molar-refractivity contribution >= 4 is 23.3 Å². The van der Waals surface area contributed by atoms with Crippen LogP contribution in [0.3, 0.4) is 0 Å². The van der Waals surface area contributed by atoms with E-state index in [0.717, 1.165) is 50.5 Å². The Bertz CT molecular complexity index is 1010. The molecule has 38 heavy (non-hydrogen) atoms. The van der Waals surface area contributed by atoms with Crippen LogP contribution < -0.4 is 0 Å². The first kappa shape index (κ1) is 31.4. The highest BCUT2D eigenvalue weighted by molar-refractivity contribution is 7.09. The standard InChI is InChI=1S/C18H24N4OS.2C2HF3O2/c1-14-3-2-4-15(20-14)13-23-17-9-16-10-21(6-7-22(16)11-17)12-18-19-5-8-24-18;2*3-2(4,5)1(6)7/h2-5,8,16-17H,6-7,9-13H2,1H3;2*(H,6,7). The third kappa shape index (κ3) is 10.9. The summed E-state index contributed by atoms with van der Waals surface area (Å²) in [6.07, 6.45) is -6.81.